The molecule has 0 aliphatic heterocycles. The zero-order valence-corrected chi connectivity index (χ0v) is 19.9. The van der Waals surface area contributed by atoms with Crippen molar-refractivity contribution < 1.29 is 46.3 Å². The summed E-state index contributed by atoms with van der Waals surface area (Å²) in [5, 5.41) is -1.52. The third kappa shape index (κ3) is 8.48. The number of esters is 2. The van der Waals surface area contributed by atoms with E-state index in [1.165, 1.54) is 0 Å². The van der Waals surface area contributed by atoms with Gasteiger partial charge in [-0.2, -0.15) is 0 Å². The van der Waals surface area contributed by atoms with E-state index in [-0.39, 0.29) is 39.6 Å². The van der Waals surface area contributed by atoms with Crippen LogP contribution in [0, 0.1) is 5.92 Å². The Hall–Kier alpha value is -0.760. The van der Waals surface area contributed by atoms with Crippen LogP contribution in [-0.4, -0.2) is 57.0 Å². The SMILES string of the molecule is CCOC(=O)C(CC(P(=O)(OCC)OCC)P(=O)(OCC)OCC)C(=O)OCC. The first-order valence-corrected chi connectivity index (χ1v) is 13.0. The van der Waals surface area contributed by atoms with Crippen LogP contribution < -0.4 is 0 Å². The van der Waals surface area contributed by atoms with Crippen LogP contribution in [0.15, 0.2) is 0 Å². The Bertz CT molecular complexity index is 527. The fourth-order valence-electron chi connectivity index (χ4n) is 2.56. The highest BCUT2D eigenvalue weighted by molar-refractivity contribution is 7.72. The molecule has 10 nitrogen and oxygen atoms in total. The molecule has 29 heavy (non-hydrogen) atoms. The third-order valence-electron chi connectivity index (χ3n) is 3.55. The Morgan fingerprint density at radius 1 is 0.621 bits per heavy atom. The molecule has 0 N–H and O–H groups in total. The van der Waals surface area contributed by atoms with Gasteiger partial charge in [0.15, 0.2) is 11.3 Å². The molecule has 0 bridgehead atoms. The van der Waals surface area contributed by atoms with Crippen molar-refractivity contribution in [1.82, 2.24) is 0 Å². The maximum Gasteiger partial charge on any atom is 0.345 e. The quantitative estimate of drug-likeness (QED) is 0.190. The first kappa shape index (κ1) is 28.2. The highest BCUT2D eigenvalue weighted by Crippen LogP contribution is 2.72. The van der Waals surface area contributed by atoms with E-state index in [0.717, 1.165) is 0 Å². The van der Waals surface area contributed by atoms with E-state index in [0.29, 0.717) is 0 Å². The van der Waals surface area contributed by atoms with Gasteiger partial charge < -0.3 is 27.6 Å². The van der Waals surface area contributed by atoms with Crippen LogP contribution in [0.25, 0.3) is 0 Å². The van der Waals surface area contributed by atoms with Crippen molar-refractivity contribution in [2.45, 2.75) is 53.4 Å². The topological polar surface area (TPSA) is 124 Å². The molecule has 0 heterocycles. The minimum Gasteiger partial charge on any atom is -0.465 e. The van der Waals surface area contributed by atoms with Crippen LogP contribution in [0.2, 0.25) is 0 Å². The number of carbonyl (C=O) groups is 2. The van der Waals surface area contributed by atoms with Gasteiger partial charge in [0.2, 0.25) is 0 Å². The van der Waals surface area contributed by atoms with Crippen molar-refractivity contribution >= 4 is 27.1 Å². The minimum atomic E-state index is -4.11. The minimum absolute atomic E-state index is 0.0164. The second-order valence-corrected chi connectivity index (χ2v) is 10.4. The maximum atomic E-state index is 13.5. The molecule has 0 spiro atoms. The zero-order valence-electron chi connectivity index (χ0n) is 18.1. The Kier molecular flexibility index (Phi) is 13.9. The van der Waals surface area contributed by atoms with E-state index in [4.69, 9.17) is 27.6 Å². The number of ether oxygens (including phenoxy) is 2. The molecule has 0 aliphatic rings. The lowest BCUT2D eigenvalue weighted by molar-refractivity contribution is -0.161. The summed E-state index contributed by atoms with van der Waals surface area (Å²) in [4.78, 5) is 24.8. The summed E-state index contributed by atoms with van der Waals surface area (Å²) in [6, 6.07) is 0. The Morgan fingerprint density at radius 3 is 1.17 bits per heavy atom. The molecule has 0 saturated carbocycles. The fourth-order valence-corrected chi connectivity index (χ4v) is 7.96. The van der Waals surface area contributed by atoms with Gasteiger partial charge in [0.1, 0.15) is 0 Å². The molecule has 0 atom stereocenters. The molecule has 0 amide bonds. The Morgan fingerprint density at radius 2 is 0.931 bits per heavy atom. The van der Waals surface area contributed by atoms with Gasteiger partial charge in [-0.05, 0) is 48.0 Å². The summed E-state index contributed by atoms with van der Waals surface area (Å²) in [5.74, 6) is -3.28. The van der Waals surface area contributed by atoms with Crippen LogP contribution >= 0.6 is 15.2 Å². The molecule has 172 valence electrons. The highest BCUT2D eigenvalue weighted by atomic mass is 31.2. The monoisotopic (exact) mass is 460 g/mol. The lowest BCUT2D eigenvalue weighted by Crippen LogP contribution is -2.32. The molecule has 12 heteroatoms. The lowest BCUT2D eigenvalue weighted by atomic mass is 10.1. The summed E-state index contributed by atoms with van der Waals surface area (Å²) in [6.45, 7) is 9.46. The molecular formula is C17H34O10P2. The second kappa shape index (κ2) is 14.3. The van der Waals surface area contributed by atoms with E-state index in [9.17, 15) is 18.7 Å². The summed E-state index contributed by atoms with van der Waals surface area (Å²) >= 11 is 0. The molecule has 0 aliphatic carbocycles. The van der Waals surface area contributed by atoms with Crippen LogP contribution in [0.4, 0.5) is 0 Å². The summed E-state index contributed by atoms with van der Waals surface area (Å²) in [6.07, 6.45) is -0.508. The van der Waals surface area contributed by atoms with E-state index in [2.05, 4.69) is 0 Å². The van der Waals surface area contributed by atoms with Crippen molar-refractivity contribution in [3.05, 3.63) is 0 Å². The van der Waals surface area contributed by atoms with Crippen LogP contribution in [0.3, 0.4) is 0 Å². The zero-order chi connectivity index (χ0) is 22.5. The fraction of sp³-hybridized carbons (Fsp3) is 0.882. The van der Waals surface area contributed by atoms with Crippen LogP contribution in [0.5, 0.6) is 0 Å². The predicted molar refractivity (Wildman–Crippen MR) is 107 cm³/mol. The molecule has 0 aromatic heterocycles. The summed E-state index contributed by atoms with van der Waals surface area (Å²) in [7, 11) is -8.22. The number of rotatable bonds is 16. The van der Waals surface area contributed by atoms with E-state index >= 15 is 0 Å². The average Bonchev–Trinajstić information content (AvgIpc) is 2.63. The lowest BCUT2D eigenvalue weighted by Gasteiger charge is -2.32. The standard InChI is InChI=1S/C17H34O10P2/c1-7-22-16(18)14(17(19)23-8-2)13-15(28(20,24-9-3)25-10-4)29(21,26-11-5)27-12-6/h14-15H,7-13H2,1-6H3. The van der Waals surface area contributed by atoms with E-state index in [1.807, 2.05) is 0 Å². The number of hydrogen-bond donors (Lipinski definition) is 0. The van der Waals surface area contributed by atoms with Crippen molar-refractivity contribution in [3.8, 4) is 0 Å². The molecular weight excluding hydrogens is 426 g/mol. The Labute approximate surface area is 173 Å². The van der Waals surface area contributed by atoms with Gasteiger partial charge in [-0.25, -0.2) is 0 Å². The van der Waals surface area contributed by atoms with E-state index in [1.54, 1.807) is 41.5 Å². The summed E-state index contributed by atoms with van der Waals surface area (Å²) < 4.78 is 58.4. The van der Waals surface area contributed by atoms with Crippen molar-refractivity contribution in [3.63, 3.8) is 0 Å². The van der Waals surface area contributed by atoms with E-state index < -0.39 is 44.9 Å². The molecule has 0 radical (unpaired) electrons. The van der Waals surface area contributed by atoms with Gasteiger partial charge in [0, 0.05) is 0 Å². The normalized spacial score (nSPS) is 12.4. The predicted octanol–water partition coefficient (Wildman–Crippen LogP) is 3.98. The molecule has 0 aromatic carbocycles. The van der Waals surface area contributed by atoms with Gasteiger partial charge in [0.25, 0.3) is 0 Å². The van der Waals surface area contributed by atoms with Gasteiger partial charge in [0.05, 0.1) is 39.6 Å². The van der Waals surface area contributed by atoms with Gasteiger partial charge in [-0.15, -0.1) is 0 Å². The second-order valence-electron chi connectivity index (χ2n) is 5.52. The van der Waals surface area contributed by atoms with Crippen molar-refractivity contribution in [1.29, 1.82) is 0 Å². The third-order valence-corrected chi connectivity index (χ3v) is 9.61. The molecule has 0 saturated heterocycles. The van der Waals surface area contributed by atoms with Crippen molar-refractivity contribution in [2.75, 3.05) is 39.6 Å². The highest BCUT2D eigenvalue weighted by Gasteiger charge is 2.53. The summed E-state index contributed by atoms with van der Waals surface area (Å²) in [5.41, 5.74) is 0. The average molecular weight is 460 g/mol. The molecule has 0 aromatic rings. The maximum absolute atomic E-state index is 13.5. The van der Waals surface area contributed by atoms with Crippen LogP contribution in [-0.2, 0) is 46.3 Å². The number of carbonyl (C=O) groups excluding carboxylic acids is 2. The first-order chi connectivity index (χ1) is 13.7. The Balaban J connectivity index is 6.35. The smallest absolute Gasteiger partial charge is 0.345 e. The first-order valence-electron chi connectivity index (χ1n) is 9.80. The van der Waals surface area contributed by atoms with Gasteiger partial charge in [-0.1, -0.05) is 0 Å². The largest absolute Gasteiger partial charge is 0.465 e. The molecule has 0 rings (SSSR count). The molecule has 0 unspecified atom stereocenters. The van der Waals surface area contributed by atoms with Crippen molar-refractivity contribution in [2.24, 2.45) is 5.92 Å². The van der Waals surface area contributed by atoms with Gasteiger partial charge >= 0.3 is 27.1 Å². The van der Waals surface area contributed by atoms with Crippen LogP contribution in [0.1, 0.15) is 48.0 Å². The number of hydrogen-bond acceptors (Lipinski definition) is 10. The molecule has 0 fully saturated rings. The van der Waals surface area contributed by atoms with Gasteiger partial charge in [-0.3, -0.25) is 18.7 Å².